The van der Waals surface area contributed by atoms with Crippen molar-refractivity contribution in [2.45, 2.75) is 20.3 Å². The number of aromatic nitrogens is 4. The normalized spacial score (nSPS) is 9.86. The van der Waals surface area contributed by atoms with Gasteiger partial charge in [-0.25, -0.2) is 4.98 Å². The highest BCUT2D eigenvalue weighted by molar-refractivity contribution is 5.63. The molecular formula is C22H27N7. The number of aromatic amines is 1. The minimum absolute atomic E-state index is 0.173. The third-order valence-electron chi connectivity index (χ3n) is 4.21. The summed E-state index contributed by atoms with van der Waals surface area (Å²) < 4.78 is 1.64. The van der Waals surface area contributed by atoms with Crippen molar-refractivity contribution in [1.82, 2.24) is 19.7 Å². The minimum Gasteiger partial charge on any atom is -0.342 e. The first kappa shape index (κ1) is 21.4. The Bertz CT molecular complexity index is 1050. The fourth-order valence-electron chi connectivity index (χ4n) is 2.74. The fourth-order valence-corrected chi connectivity index (χ4v) is 2.74. The van der Waals surface area contributed by atoms with Gasteiger partial charge in [-0.2, -0.15) is 5.10 Å². The monoisotopic (exact) mass is 389 g/mol. The Hall–Kier alpha value is -3.87. The van der Waals surface area contributed by atoms with Crippen LogP contribution >= 0.6 is 0 Å². The zero-order valence-corrected chi connectivity index (χ0v) is 16.9. The van der Waals surface area contributed by atoms with Gasteiger partial charge in [-0.15, -0.1) is 13.2 Å². The van der Waals surface area contributed by atoms with Crippen molar-refractivity contribution in [1.29, 1.82) is 5.41 Å². The SMILES string of the molecule is C=C.C=C(Nc1cc(C)ccc1CC)Nc1nccn(C(=C)c2cn[nH]c2)c1=N. The summed E-state index contributed by atoms with van der Waals surface area (Å²) in [6.07, 6.45) is 7.60. The number of nitrogens with zero attached hydrogens (tertiary/aromatic N) is 3. The second-order valence-electron chi connectivity index (χ2n) is 6.17. The van der Waals surface area contributed by atoms with Crippen LogP contribution in [0.2, 0.25) is 0 Å². The van der Waals surface area contributed by atoms with Gasteiger partial charge in [0.15, 0.2) is 11.3 Å². The Morgan fingerprint density at radius 2 is 2.00 bits per heavy atom. The third kappa shape index (κ3) is 5.10. The molecule has 0 bridgehead atoms. The summed E-state index contributed by atoms with van der Waals surface area (Å²) in [5, 5.41) is 21.5. The van der Waals surface area contributed by atoms with Crippen molar-refractivity contribution < 1.29 is 0 Å². The van der Waals surface area contributed by atoms with E-state index < -0.39 is 0 Å². The Kier molecular flexibility index (Phi) is 7.31. The molecule has 0 saturated heterocycles. The molecule has 0 atom stereocenters. The molecule has 0 unspecified atom stereocenters. The van der Waals surface area contributed by atoms with Gasteiger partial charge in [-0.3, -0.25) is 15.1 Å². The molecule has 0 fully saturated rings. The molecular weight excluding hydrogens is 362 g/mol. The number of H-pyrrole nitrogens is 1. The second kappa shape index (κ2) is 9.89. The number of benzene rings is 1. The van der Waals surface area contributed by atoms with Crippen LogP contribution in [0.5, 0.6) is 0 Å². The van der Waals surface area contributed by atoms with Gasteiger partial charge in [-0.05, 0) is 30.5 Å². The maximum Gasteiger partial charge on any atom is 0.175 e. The number of aryl methyl sites for hydroxylation is 2. The topological polar surface area (TPSA) is 94.4 Å². The Morgan fingerprint density at radius 1 is 1.24 bits per heavy atom. The van der Waals surface area contributed by atoms with Crippen LogP contribution in [0, 0.1) is 12.3 Å². The molecule has 0 aliphatic carbocycles. The molecule has 0 aliphatic heterocycles. The van der Waals surface area contributed by atoms with Crippen molar-refractivity contribution >= 4 is 17.2 Å². The van der Waals surface area contributed by atoms with Crippen LogP contribution in [0.4, 0.5) is 11.5 Å². The van der Waals surface area contributed by atoms with E-state index in [1.165, 1.54) is 5.56 Å². The lowest BCUT2D eigenvalue weighted by atomic mass is 10.1. The summed E-state index contributed by atoms with van der Waals surface area (Å²) in [7, 11) is 0. The molecule has 0 amide bonds. The van der Waals surface area contributed by atoms with Crippen LogP contribution in [-0.4, -0.2) is 19.7 Å². The van der Waals surface area contributed by atoms with Gasteiger partial charge in [-0.1, -0.05) is 32.2 Å². The molecule has 7 nitrogen and oxygen atoms in total. The van der Waals surface area contributed by atoms with Gasteiger partial charge >= 0.3 is 0 Å². The zero-order chi connectivity index (χ0) is 21.4. The van der Waals surface area contributed by atoms with Crippen molar-refractivity contribution in [2.24, 2.45) is 0 Å². The van der Waals surface area contributed by atoms with Crippen LogP contribution < -0.4 is 16.1 Å². The Labute approximate surface area is 171 Å². The number of hydrogen-bond acceptors (Lipinski definition) is 5. The highest BCUT2D eigenvalue weighted by atomic mass is 15.2. The predicted octanol–water partition coefficient (Wildman–Crippen LogP) is 4.27. The molecule has 2 aromatic heterocycles. The van der Waals surface area contributed by atoms with Crippen molar-refractivity contribution in [3.05, 3.63) is 97.3 Å². The van der Waals surface area contributed by atoms with E-state index in [2.05, 4.69) is 77.3 Å². The lowest BCUT2D eigenvalue weighted by Crippen LogP contribution is -2.25. The Balaban J connectivity index is 0.00000145. The molecule has 4 N–H and O–H groups in total. The van der Waals surface area contributed by atoms with Gasteiger partial charge in [0.25, 0.3) is 0 Å². The van der Waals surface area contributed by atoms with Crippen LogP contribution in [0.25, 0.3) is 5.70 Å². The summed E-state index contributed by atoms with van der Waals surface area (Å²) in [5.41, 5.74) is 4.95. The first-order chi connectivity index (χ1) is 14.0. The molecule has 1 aromatic carbocycles. The molecule has 3 aromatic rings. The van der Waals surface area contributed by atoms with E-state index >= 15 is 0 Å². The smallest absolute Gasteiger partial charge is 0.175 e. The number of anilines is 2. The maximum atomic E-state index is 8.44. The third-order valence-corrected chi connectivity index (χ3v) is 4.21. The van der Waals surface area contributed by atoms with Gasteiger partial charge in [0.2, 0.25) is 0 Å². The van der Waals surface area contributed by atoms with E-state index in [0.717, 1.165) is 23.2 Å². The predicted molar refractivity (Wildman–Crippen MR) is 119 cm³/mol. The van der Waals surface area contributed by atoms with Gasteiger partial charge in [0.05, 0.1) is 11.9 Å². The summed E-state index contributed by atoms with van der Waals surface area (Å²) >= 11 is 0. The fraction of sp³-hybridized carbons (Fsp3) is 0.136. The van der Waals surface area contributed by atoms with Crippen molar-refractivity contribution in [3.8, 4) is 0 Å². The standard InChI is InChI=1S/C20H23N7.C2H4/c1-5-16-7-6-13(2)10-18(16)25-15(4)26-20-19(21)27(9-8-22-20)14(3)17-11-23-24-12-17;1-2/h6-12,21,25H,3-5H2,1-2H3,(H,22,26)(H,23,24);1-2H2. The van der Waals surface area contributed by atoms with Gasteiger partial charge < -0.3 is 10.6 Å². The molecule has 3 rings (SSSR count). The number of hydrogen-bond donors (Lipinski definition) is 4. The minimum atomic E-state index is 0.173. The van der Waals surface area contributed by atoms with Gasteiger partial charge in [0.1, 0.15) is 5.82 Å². The van der Waals surface area contributed by atoms with Crippen LogP contribution in [0.15, 0.2) is 75.1 Å². The summed E-state index contributed by atoms with van der Waals surface area (Å²) in [6.45, 7) is 18.2. The number of nitrogens with one attached hydrogen (secondary N) is 4. The molecule has 0 saturated carbocycles. The van der Waals surface area contributed by atoms with Crippen LogP contribution in [0.1, 0.15) is 23.6 Å². The summed E-state index contributed by atoms with van der Waals surface area (Å²) in [4.78, 5) is 4.26. The van der Waals surface area contributed by atoms with Crippen molar-refractivity contribution in [2.75, 3.05) is 10.6 Å². The van der Waals surface area contributed by atoms with E-state index in [0.29, 0.717) is 17.3 Å². The lowest BCUT2D eigenvalue weighted by molar-refractivity contribution is 0.920. The average molecular weight is 390 g/mol. The van der Waals surface area contributed by atoms with Gasteiger partial charge in [0, 0.05) is 29.8 Å². The van der Waals surface area contributed by atoms with E-state index in [4.69, 9.17) is 5.41 Å². The zero-order valence-electron chi connectivity index (χ0n) is 16.9. The van der Waals surface area contributed by atoms with Crippen molar-refractivity contribution in [3.63, 3.8) is 0 Å². The quantitative estimate of drug-likeness (QED) is 0.454. The lowest BCUT2D eigenvalue weighted by Gasteiger charge is -2.16. The molecule has 150 valence electrons. The highest BCUT2D eigenvalue weighted by Gasteiger charge is 2.09. The second-order valence-corrected chi connectivity index (χ2v) is 6.17. The number of rotatable bonds is 7. The Morgan fingerprint density at radius 3 is 2.66 bits per heavy atom. The maximum absolute atomic E-state index is 8.44. The van der Waals surface area contributed by atoms with E-state index in [1.54, 1.807) is 29.4 Å². The molecule has 29 heavy (non-hydrogen) atoms. The summed E-state index contributed by atoms with van der Waals surface area (Å²) in [6, 6.07) is 6.27. The largest absolute Gasteiger partial charge is 0.342 e. The molecule has 2 heterocycles. The highest BCUT2D eigenvalue weighted by Crippen LogP contribution is 2.20. The first-order valence-electron chi connectivity index (χ1n) is 9.12. The molecule has 0 aliphatic rings. The first-order valence-corrected chi connectivity index (χ1v) is 9.12. The van der Waals surface area contributed by atoms with Crippen LogP contribution in [0.3, 0.4) is 0 Å². The average Bonchev–Trinajstić information content (AvgIpc) is 3.26. The molecule has 7 heteroatoms. The van der Waals surface area contributed by atoms with Crippen LogP contribution in [-0.2, 0) is 6.42 Å². The molecule has 0 radical (unpaired) electrons. The van der Waals surface area contributed by atoms with E-state index in [9.17, 15) is 0 Å². The van der Waals surface area contributed by atoms with E-state index in [-0.39, 0.29) is 5.49 Å². The summed E-state index contributed by atoms with van der Waals surface area (Å²) in [5.74, 6) is 0.924. The van der Waals surface area contributed by atoms with E-state index in [1.807, 2.05) is 6.92 Å². The molecule has 0 spiro atoms.